The van der Waals surface area contributed by atoms with E-state index in [1.165, 1.54) is 16.9 Å². The molecule has 6 heteroatoms. The molecular weight excluding hydrogens is 334 g/mol. The number of nitrogens with zero attached hydrogens (tertiary/aromatic N) is 2. The summed E-state index contributed by atoms with van der Waals surface area (Å²) in [5.74, 6) is -0.114. The SMILES string of the molecule is CCc1ccc(C(=O)Nc2nc(CN3C[C@@H](C)O[C@H](C)C3)cs2)cc1. The summed E-state index contributed by atoms with van der Waals surface area (Å²) >= 11 is 1.47. The minimum absolute atomic E-state index is 0.114. The second kappa shape index (κ2) is 8.08. The van der Waals surface area contributed by atoms with Crippen LogP contribution in [0.1, 0.15) is 42.4 Å². The summed E-state index contributed by atoms with van der Waals surface area (Å²) in [6.07, 6.45) is 1.46. The maximum atomic E-state index is 12.3. The van der Waals surface area contributed by atoms with Gasteiger partial charge in [0.05, 0.1) is 17.9 Å². The first-order valence-electron chi connectivity index (χ1n) is 8.76. The van der Waals surface area contributed by atoms with Crippen molar-refractivity contribution in [2.75, 3.05) is 18.4 Å². The third-order valence-corrected chi connectivity index (χ3v) is 5.08. The predicted molar refractivity (Wildman–Crippen MR) is 101 cm³/mol. The molecule has 2 atom stereocenters. The van der Waals surface area contributed by atoms with Crippen LogP contribution < -0.4 is 5.32 Å². The Labute approximate surface area is 153 Å². The fraction of sp³-hybridized carbons (Fsp3) is 0.474. The van der Waals surface area contributed by atoms with Crippen LogP contribution in [0.4, 0.5) is 5.13 Å². The molecule has 5 nitrogen and oxygen atoms in total. The number of rotatable bonds is 5. The van der Waals surface area contributed by atoms with Crippen molar-refractivity contribution in [3.63, 3.8) is 0 Å². The molecule has 1 N–H and O–H groups in total. The van der Waals surface area contributed by atoms with Crippen LogP contribution in [0.2, 0.25) is 0 Å². The lowest BCUT2D eigenvalue weighted by Gasteiger charge is -2.34. The maximum absolute atomic E-state index is 12.3. The van der Waals surface area contributed by atoms with E-state index in [2.05, 4.69) is 36.0 Å². The fourth-order valence-electron chi connectivity index (χ4n) is 3.14. The highest BCUT2D eigenvalue weighted by Crippen LogP contribution is 2.20. The van der Waals surface area contributed by atoms with E-state index >= 15 is 0 Å². The average Bonchev–Trinajstić information content (AvgIpc) is 3.00. The summed E-state index contributed by atoms with van der Waals surface area (Å²) in [7, 11) is 0. The van der Waals surface area contributed by atoms with Gasteiger partial charge in [0.2, 0.25) is 0 Å². The Morgan fingerprint density at radius 1 is 1.28 bits per heavy atom. The Bertz CT molecular complexity index is 704. The van der Waals surface area contributed by atoms with E-state index in [1.807, 2.05) is 29.6 Å². The molecule has 134 valence electrons. The minimum atomic E-state index is -0.114. The topological polar surface area (TPSA) is 54.5 Å². The molecule has 0 saturated carbocycles. The highest BCUT2D eigenvalue weighted by Gasteiger charge is 2.22. The van der Waals surface area contributed by atoms with Crippen molar-refractivity contribution < 1.29 is 9.53 Å². The van der Waals surface area contributed by atoms with Crippen LogP contribution in [0.25, 0.3) is 0 Å². The smallest absolute Gasteiger partial charge is 0.257 e. The van der Waals surface area contributed by atoms with Gasteiger partial charge < -0.3 is 4.74 Å². The van der Waals surface area contributed by atoms with Crippen molar-refractivity contribution in [2.45, 2.75) is 45.9 Å². The number of aryl methyl sites for hydroxylation is 1. The number of hydrogen-bond donors (Lipinski definition) is 1. The zero-order chi connectivity index (χ0) is 17.8. The second-order valence-electron chi connectivity index (χ2n) is 6.60. The van der Waals surface area contributed by atoms with Gasteiger partial charge in [-0.3, -0.25) is 15.0 Å². The minimum Gasteiger partial charge on any atom is -0.373 e. The van der Waals surface area contributed by atoms with Crippen LogP contribution in [0.3, 0.4) is 0 Å². The van der Waals surface area contributed by atoms with Crippen molar-refractivity contribution in [1.82, 2.24) is 9.88 Å². The van der Waals surface area contributed by atoms with Crippen LogP contribution in [-0.4, -0.2) is 41.1 Å². The molecule has 0 bridgehead atoms. The van der Waals surface area contributed by atoms with Gasteiger partial charge in [0, 0.05) is 30.6 Å². The molecular formula is C19H25N3O2S. The van der Waals surface area contributed by atoms with Crippen LogP contribution in [0, 0.1) is 0 Å². The molecule has 1 aliphatic rings. The second-order valence-corrected chi connectivity index (χ2v) is 7.46. The Morgan fingerprint density at radius 2 is 1.96 bits per heavy atom. The Hall–Kier alpha value is -1.76. The van der Waals surface area contributed by atoms with Gasteiger partial charge in [0.15, 0.2) is 5.13 Å². The number of thiazole rings is 1. The van der Waals surface area contributed by atoms with Gasteiger partial charge in [-0.1, -0.05) is 19.1 Å². The number of benzene rings is 1. The van der Waals surface area contributed by atoms with Gasteiger partial charge in [-0.05, 0) is 38.0 Å². The van der Waals surface area contributed by atoms with Crippen LogP contribution in [-0.2, 0) is 17.7 Å². The van der Waals surface area contributed by atoms with Gasteiger partial charge in [-0.15, -0.1) is 11.3 Å². The molecule has 0 unspecified atom stereocenters. The normalized spacial score (nSPS) is 21.2. The van der Waals surface area contributed by atoms with Crippen molar-refractivity contribution >= 4 is 22.4 Å². The third kappa shape index (κ3) is 4.87. The number of nitrogens with one attached hydrogen (secondary N) is 1. The fourth-order valence-corrected chi connectivity index (χ4v) is 3.84. The molecule has 1 saturated heterocycles. The Morgan fingerprint density at radius 3 is 2.60 bits per heavy atom. The number of carbonyl (C=O) groups excluding carboxylic acids is 1. The predicted octanol–water partition coefficient (Wildman–Crippen LogP) is 3.57. The van der Waals surface area contributed by atoms with Crippen LogP contribution in [0.5, 0.6) is 0 Å². The molecule has 0 radical (unpaired) electrons. The molecule has 3 rings (SSSR count). The van der Waals surface area contributed by atoms with Crippen LogP contribution in [0.15, 0.2) is 29.6 Å². The average molecular weight is 359 g/mol. The number of anilines is 1. The maximum Gasteiger partial charge on any atom is 0.257 e. The highest BCUT2D eigenvalue weighted by atomic mass is 32.1. The lowest BCUT2D eigenvalue weighted by molar-refractivity contribution is -0.0707. The summed E-state index contributed by atoms with van der Waals surface area (Å²) in [5, 5.41) is 5.56. The Balaban J connectivity index is 1.58. The number of aromatic nitrogens is 1. The first kappa shape index (κ1) is 18.0. The standard InChI is InChI=1S/C19H25N3O2S/c1-4-15-5-7-16(8-6-15)18(23)21-19-20-17(12-25-19)11-22-9-13(2)24-14(3)10-22/h5-8,12-14H,4,9-11H2,1-3H3,(H,20,21,23)/t13-,14-/m1/s1. The first-order chi connectivity index (χ1) is 12.0. The van der Waals surface area contributed by atoms with E-state index in [1.54, 1.807) is 0 Å². The molecule has 2 heterocycles. The summed E-state index contributed by atoms with van der Waals surface area (Å²) in [4.78, 5) is 19.2. The largest absolute Gasteiger partial charge is 0.373 e. The van der Waals surface area contributed by atoms with Gasteiger partial charge in [-0.25, -0.2) is 4.98 Å². The zero-order valence-corrected chi connectivity index (χ0v) is 15.8. The summed E-state index contributed by atoms with van der Waals surface area (Å²) in [6.45, 7) is 8.90. The number of morpholine rings is 1. The molecule has 1 aliphatic heterocycles. The third-order valence-electron chi connectivity index (χ3n) is 4.28. The number of hydrogen-bond acceptors (Lipinski definition) is 5. The number of ether oxygens (including phenoxy) is 1. The molecule has 0 aliphatic carbocycles. The van der Waals surface area contributed by atoms with E-state index in [4.69, 9.17) is 4.74 Å². The van der Waals surface area contributed by atoms with E-state index in [9.17, 15) is 4.79 Å². The van der Waals surface area contributed by atoms with Crippen LogP contribution >= 0.6 is 11.3 Å². The first-order valence-corrected chi connectivity index (χ1v) is 9.64. The quantitative estimate of drug-likeness (QED) is 0.887. The zero-order valence-electron chi connectivity index (χ0n) is 15.0. The van der Waals surface area contributed by atoms with Crippen molar-refractivity contribution in [1.29, 1.82) is 0 Å². The summed E-state index contributed by atoms with van der Waals surface area (Å²) in [5.41, 5.74) is 2.87. The molecule has 1 aromatic carbocycles. The monoisotopic (exact) mass is 359 g/mol. The molecule has 2 aromatic rings. The van der Waals surface area contributed by atoms with Gasteiger partial charge in [0.25, 0.3) is 5.91 Å². The van der Waals surface area contributed by atoms with E-state index in [0.717, 1.165) is 31.7 Å². The summed E-state index contributed by atoms with van der Waals surface area (Å²) in [6, 6.07) is 7.70. The van der Waals surface area contributed by atoms with Crippen molar-refractivity contribution in [3.8, 4) is 0 Å². The molecule has 25 heavy (non-hydrogen) atoms. The van der Waals surface area contributed by atoms with E-state index < -0.39 is 0 Å². The van der Waals surface area contributed by atoms with E-state index in [-0.39, 0.29) is 18.1 Å². The highest BCUT2D eigenvalue weighted by molar-refractivity contribution is 7.13. The molecule has 1 aromatic heterocycles. The summed E-state index contributed by atoms with van der Waals surface area (Å²) < 4.78 is 5.76. The van der Waals surface area contributed by atoms with E-state index in [0.29, 0.717) is 10.7 Å². The van der Waals surface area contributed by atoms with Gasteiger partial charge >= 0.3 is 0 Å². The van der Waals surface area contributed by atoms with Crippen molar-refractivity contribution in [3.05, 3.63) is 46.5 Å². The molecule has 1 fully saturated rings. The molecule has 1 amide bonds. The number of amides is 1. The van der Waals surface area contributed by atoms with Gasteiger partial charge in [-0.2, -0.15) is 0 Å². The molecule has 0 spiro atoms. The van der Waals surface area contributed by atoms with Gasteiger partial charge in [0.1, 0.15) is 0 Å². The lowest BCUT2D eigenvalue weighted by Crippen LogP contribution is -2.44. The Kier molecular flexibility index (Phi) is 5.83. The lowest BCUT2D eigenvalue weighted by atomic mass is 10.1. The number of carbonyl (C=O) groups is 1. The van der Waals surface area contributed by atoms with Crippen molar-refractivity contribution in [2.24, 2.45) is 0 Å².